The van der Waals surface area contributed by atoms with E-state index in [4.69, 9.17) is 0 Å². The first-order valence-electron chi connectivity index (χ1n) is 9.32. The van der Waals surface area contributed by atoms with E-state index in [1.165, 1.54) is 24.4 Å². The lowest BCUT2D eigenvalue weighted by atomic mass is 10.1. The summed E-state index contributed by atoms with van der Waals surface area (Å²) < 4.78 is 2.63. The number of aromatic nitrogens is 1. The molecular weight excluding hydrogens is 562 g/mol. The molecule has 0 aliphatic carbocycles. The van der Waals surface area contributed by atoms with Gasteiger partial charge < -0.3 is 19.9 Å². The molecule has 1 amide bonds. The van der Waals surface area contributed by atoms with Crippen LogP contribution in [0.15, 0.2) is 50.4 Å². The zero-order chi connectivity index (χ0) is 24.4. The molecule has 1 heterocycles. The first-order chi connectivity index (χ1) is 15.5. The fourth-order valence-corrected chi connectivity index (χ4v) is 4.49. The van der Waals surface area contributed by atoms with Crippen molar-refractivity contribution in [1.29, 1.82) is 0 Å². The molecule has 0 unspecified atom stereocenters. The predicted octanol–water partition coefficient (Wildman–Crippen LogP) is 4.49. The first kappa shape index (κ1) is 24.2. The summed E-state index contributed by atoms with van der Waals surface area (Å²) in [7, 11) is 0. The van der Waals surface area contributed by atoms with E-state index in [2.05, 4.69) is 42.4 Å². The van der Waals surface area contributed by atoms with Crippen LogP contribution in [-0.2, 0) is 0 Å². The minimum Gasteiger partial charge on any atom is -0.506 e. The summed E-state index contributed by atoms with van der Waals surface area (Å²) in [5.74, 6) is -3.33. The Balaban J connectivity index is 1.92. The Bertz CT molecular complexity index is 1300. The maximum absolute atomic E-state index is 12.4. The van der Waals surface area contributed by atoms with Gasteiger partial charge in [0.25, 0.3) is 5.91 Å². The van der Waals surface area contributed by atoms with Crippen LogP contribution in [-0.4, -0.2) is 43.9 Å². The average Bonchev–Trinajstić information content (AvgIpc) is 3.03. The fraction of sp³-hybridized carbons (Fsp3) is 0.0909. The SMILES string of the molecule is Cc1cc(/C=N\NC(=O)c2cc(Br)cc(Br)c2O)c(C)n1-c1cc(C(=O)O)cc(C(=O)O)c1. The highest BCUT2D eigenvalue weighted by Crippen LogP contribution is 2.31. The normalized spacial score (nSPS) is 11.0. The molecule has 3 rings (SSSR count). The Morgan fingerprint density at radius 2 is 1.58 bits per heavy atom. The molecular formula is C22H17Br2N3O6. The van der Waals surface area contributed by atoms with Gasteiger partial charge in [-0.3, -0.25) is 4.79 Å². The summed E-state index contributed by atoms with van der Waals surface area (Å²) in [6.07, 6.45) is 1.40. The quantitative estimate of drug-likeness (QED) is 0.251. The summed E-state index contributed by atoms with van der Waals surface area (Å²) in [5, 5.41) is 32.7. The van der Waals surface area contributed by atoms with Crippen LogP contribution in [0.3, 0.4) is 0 Å². The van der Waals surface area contributed by atoms with Gasteiger partial charge in [0, 0.05) is 27.1 Å². The number of hydrogen-bond donors (Lipinski definition) is 4. The van der Waals surface area contributed by atoms with Crippen molar-refractivity contribution in [2.45, 2.75) is 13.8 Å². The highest BCUT2D eigenvalue weighted by molar-refractivity contribution is 9.11. The Morgan fingerprint density at radius 1 is 0.970 bits per heavy atom. The highest BCUT2D eigenvalue weighted by atomic mass is 79.9. The smallest absolute Gasteiger partial charge is 0.335 e. The van der Waals surface area contributed by atoms with Gasteiger partial charge in [0.05, 0.1) is 27.4 Å². The molecule has 3 aromatic rings. The zero-order valence-electron chi connectivity index (χ0n) is 17.3. The third-order valence-electron chi connectivity index (χ3n) is 4.78. The van der Waals surface area contributed by atoms with E-state index in [1.807, 2.05) is 0 Å². The molecule has 4 N–H and O–H groups in total. The van der Waals surface area contributed by atoms with Crippen LogP contribution in [0.2, 0.25) is 0 Å². The third-order valence-corrected chi connectivity index (χ3v) is 5.85. The van der Waals surface area contributed by atoms with Crippen LogP contribution in [0.25, 0.3) is 5.69 Å². The number of phenols is 1. The number of benzene rings is 2. The highest BCUT2D eigenvalue weighted by Gasteiger charge is 2.17. The number of hydrazone groups is 1. The van der Waals surface area contributed by atoms with Crippen molar-refractivity contribution in [3.8, 4) is 11.4 Å². The maximum Gasteiger partial charge on any atom is 0.335 e. The number of aromatic hydroxyl groups is 1. The molecule has 170 valence electrons. The van der Waals surface area contributed by atoms with Crippen molar-refractivity contribution >= 4 is 55.9 Å². The van der Waals surface area contributed by atoms with Crippen molar-refractivity contribution in [2.24, 2.45) is 5.10 Å². The van der Waals surface area contributed by atoms with E-state index < -0.39 is 17.8 Å². The van der Waals surface area contributed by atoms with E-state index in [0.29, 0.717) is 31.6 Å². The topological polar surface area (TPSA) is 141 Å². The molecule has 0 bridgehead atoms. The number of carboxylic acid groups (broad SMARTS) is 2. The molecule has 0 spiro atoms. The van der Waals surface area contributed by atoms with Gasteiger partial charge in [0.1, 0.15) is 5.75 Å². The van der Waals surface area contributed by atoms with Gasteiger partial charge in [0.2, 0.25) is 0 Å². The lowest BCUT2D eigenvalue weighted by Crippen LogP contribution is -2.18. The summed E-state index contributed by atoms with van der Waals surface area (Å²) in [6.45, 7) is 3.52. The number of carboxylic acids is 2. The van der Waals surface area contributed by atoms with Crippen LogP contribution in [0.1, 0.15) is 48.0 Å². The number of aryl methyl sites for hydroxylation is 1. The van der Waals surface area contributed by atoms with Gasteiger partial charge in [-0.25, -0.2) is 15.0 Å². The number of carbonyl (C=O) groups is 3. The molecule has 0 radical (unpaired) electrons. The van der Waals surface area contributed by atoms with Gasteiger partial charge in [-0.2, -0.15) is 5.10 Å². The van der Waals surface area contributed by atoms with Crippen LogP contribution in [0, 0.1) is 13.8 Å². The molecule has 0 saturated heterocycles. The number of nitrogens with one attached hydrogen (secondary N) is 1. The minimum atomic E-state index is -1.24. The predicted molar refractivity (Wildman–Crippen MR) is 128 cm³/mol. The second kappa shape index (κ2) is 9.59. The number of rotatable bonds is 6. The molecule has 33 heavy (non-hydrogen) atoms. The zero-order valence-corrected chi connectivity index (χ0v) is 20.4. The van der Waals surface area contributed by atoms with Gasteiger partial charge in [-0.05, 0) is 66.2 Å². The lowest BCUT2D eigenvalue weighted by Gasteiger charge is -2.12. The number of aromatic carboxylic acids is 2. The fourth-order valence-electron chi connectivity index (χ4n) is 3.26. The molecule has 9 nitrogen and oxygen atoms in total. The number of nitrogens with zero attached hydrogens (tertiary/aromatic N) is 2. The van der Waals surface area contributed by atoms with Crippen molar-refractivity contribution in [3.63, 3.8) is 0 Å². The first-order valence-corrected chi connectivity index (χ1v) is 10.9. The molecule has 0 atom stereocenters. The lowest BCUT2D eigenvalue weighted by molar-refractivity contribution is 0.0696. The van der Waals surface area contributed by atoms with Gasteiger partial charge in [-0.1, -0.05) is 15.9 Å². The standard InChI is InChI=1S/C22H17Br2N3O6/c1-10-3-14(9-25-26-20(29)17-7-15(23)8-18(24)19(17)28)11(2)27(10)16-5-12(21(30)31)4-13(6-16)22(32)33/h3-9,28H,1-2H3,(H,26,29)(H,30,31)(H,32,33)/b25-9-. The molecule has 11 heteroatoms. The summed E-state index contributed by atoms with van der Waals surface area (Å²) >= 11 is 6.42. The van der Waals surface area contributed by atoms with Crippen molar-refractivity contribution in [1.82, 2.24) is 9.99 Å². The second-order valence-corrected chi connectivity index (χ2v) is 8.79. The maximum atomic E-state index is 12.4. The number of phenolic OH excluding ortho intramolecular Hbond substituents is 1. The second-order valence-electron chi connectivity index (χ2n) is 7.02. The Hall–Kier alpha value is -3.44. The molecule has 0 fully saturated rings. The number of hydrogen-bond acceptors (Lipinski definition) is 5. The minimum absolute atomic E-state index is 0.0190. The molecule has 0 saturated carbocycles. The monoisotopic (exact) mass is 577 g/mol. The van der Waals surface area contributed by atoms with E-state index >= 15 is 0 Å². The Labute approximate surface area is 204 Å². The van der Waals surface area contributed by atoms with E-state index in [1.54, 1.807) is 30.5 Å². The number of halogens is 2. The van der Waals surface area contributed by atoms with Gasteiger partial charge in [-0.15, -0.1) is 0 Å². The van der Waals surface area contributed by atoms with Crippen LogP contribution in [0.5, 0.6) is 5.75 Å². The van der Waals surface area contributed by atoms with Crippen molar-refractivity contribution < 1.29 is 29.7 Å². The molecule has 2 aromatic carbocycles. The summed E-state index contributed by atoms with van der Waals surface area (Å²) in [4.78, 5) is 35.3. The molecule has 1 aromatic heterocycles. The largest absolute Gasteiger partial charge is 0.506 e. The van der Waals surface area contributed by atoms with E-state index in [-0.39, 0.29) is 22.4 Å². The summed E-state index contributed by atoms with van der Waals surface area (Å²) in [5.41, 5.74) is 4.40. The van der Waals surface area contributed by atoms with E-state index in [0.717, 1.165) is 6.07 Å². The Kier molecular flexibility index (Phi) is 7.04. The third kappa shape index (κ3) is 5.15. The van der Waals surface area contributed by atoms with Crippen LogP contribution in [0.4, 0.5) is 0 Å². The van der Waals surface area contributed by atoms with Gasteiger partial charge in [0.15, 0.2) is 0 Å². The van der Waals surface area contributed by atoms with Gasteiger partial charge >= 0.3 is 11.9 Å². The number of amides is 1. The van der Waals surface area contributed by atoms with E-state index in [9.17, 15) is 29.7 Å². The van der Waals surface area contributed by atoms with Crippen molar-refractivity contribution in [3.05, 3.63) is 79.0 Å². The van der Waals surface area contributed by atoms with Crippen molar-refractivity contribution in [2.75, 3.05) is 0 Å². The number of carbonyl (C=O) groups excluding carboxylic acids is 1. The molecule has 0 aliphatic rings. The van der Waals surface area contributed by atoms with Crippen LogP contribution < -0.4 is 5.43 Å². The van der Waals surface area contributed by atoms with Crippen LogP contribution >= 0.6 is 31.9 Å². The summed E-state index contributed by atoms with van der Waals surface area (Å²) in [6, 6.07) is 8.66. The Morgan fingerprint density at radius 3 is 2.15 bits per heavy atom. The molecule has 0 aliphatic heterocycles. The average molecular weight is 579 g/mol.